The van der Waals surface area contributed by atoms with Crippen molar-refractivity contribution in [1.29, 1.82) is 0 Å². The summed E-state index contributed by atoms with van der Waals surface area (Å²) in [5.74, 6) is 1.23. The highest BCUT2D eigenvalue weighted by Gasteiger charge is 2.12. The van der Waals surface area contributed by atoms with Crippen LogP contribution in [0.15, 0.2) is 24.4 Å². The van der Waals surface area contributed by atoms with Crippen molar-refractivity contribution in [2.45, 2.75) is 13.5 Å². The van der Waals surface area contributed by atoms with Crippen molar-refractivity contribution in [3.63, 3.8) is 0 Å². The molecule has 1 heterocycles. The predicted octanol–water partition coefficient (Wildman–Crippen LogP) is 1.68. The van der Waals surface area contributed by atoms with E-state index in [4.69, 9.17) is 9.47 Å². The lowest BCUT2D eigenvalue weighted by atomic mass is 10.2. The lowest BCUT2D eigenvalue weighted by molar-refractivity contribution is 0.0950. The van der Waals surface area contributed by atoms with Gasteiger partial charge in [-0.05, 0) is 24.6 Å². The molecule has 0 unspecified atom stereocenters. The second-order valence-corrected chi connectivity index (χ2v) is 4.67. The van der Waals surface area contributed by atoms with Crippen molar-refractivity contribution in [3.05, 3.63) is 41.2 Å². The minimum Gasteiger partial charge on any atom is -0.497 e. The molecule has 0 aliphatic carbocycles. The smallest absolute Gasteiger partial charge is 0.255 e. The zero-order valence-corrected chi connectivity index (χ0v) is 12.6. The number of ether oxygens (including phenoxy) is 2. The molecule has 6 nitrogen and oxygen atoms in total. The van der Waals surface area contributed by atoms with Gasteiger partial charge in [0.05, 0.1) is 26.0 Å². The fourth-order valence-corrected chi connectivity index (χ4v) is 1.97. The van der Waals surface area contributed by atoms with Crippen molar-refractivity contribution in [1.82, 2.24) is 15.1 Å². The molecule has 1 aromatic carbocycles. The molecule has 0 bridgehead atoms. The van der Waals surface area contributed by atoms with Gasteiger partial charge in [-0.3, -0.25) is 9.48 Å². The minimum atomic E-state index is -0.151. The van der Waals surface area contributed by atoms with E-state index in [0.717, 1.165) is 11.3 Å². The summed E-state index contributed by atoms with van der Waals surface area (Å²) in [7, 11) is 4.99. The predicted molar refractivity (Wildman–Crippen MR) is 78.7 cm³/mol. The van der Waals surface area contributed by atoms with E-state index in [1.54, 1.807) is 38.2 Å². The summed E-state index contributed by atoms with van der Waals surface area (Å²) in [5, 5.41) is 6.93. The molecule has 0 spiro atoms. The van der Waals surface area contributed by atoms with Gasteiger partial charge in [0.25, 0.3) is 5.91 Å². The average molecular weight is 289 g/mol. The van der Waals surface area contributed by atoms with E-state index < -0.39 is 0 Å². The molecule has 0 radical (unpaired) electrons. The normalized spacial score (nSPS) is 10.3. The Morgan fingerprint density at radius 2 is 1.86 bits per heavy atom. The van der Waals surface area contributed by atoms with Crippen LogP contribution < -0.4 is 14.8 Å². The fraction of sp³-hybridized carbons (Fsp3) is 0.333. The molecule has 6 heteroatoms. The highest BCUT2D eigenvalue weighted by atomic mass is 16.5. The van der Waals surface area contributed by atoms with Crippen molar-refractivity contribution >= 4 is 5.91 Å². The molecular weight excluding hydrogens is 270 g/mol. The SMILES string of the molecule is COc1cc(CNC(=O)c2cnn(C)c2C)cc(OC)c1. The van der Waals surface area contributed by atoms with Crippen molar-refractivity contribution < 1.29 is 14.3 Å². The molecule has 0 fully saturated rings. The Balaban J connectivity index is 2.09. The zero-order valence-electron chi connectivity index (χ0n) is 12.6. The van der Waals surface area contributed by atoms with Gasteiger partial charge < -0.3 is 14.8 Å². The largest absolute Gasteiger partial charge is 0.497 e. The van der Waals surface area contributed by atoms with Crippen LogP contribution in [0.4, 0.5) is 0 Å². The first kappa shape index (κ1) is 14.9. The first-order valence-corrected chi connectivity index (χ1v) is 6.54. The highest BCUT2D eigenvalue weighted by Crippen LogP contribution is 2.22. The number of hydrogen-bond donors (Lipinski definition) is 1. The first-order valence-electron chi connectivity index (χ1n) is 6.54. The van der Waals surface area contributed by atoms with Crippen molar-refractivity contribution in [2.75, 3.05) is 14.2 Å². The molecule has 21 heavy (non-hydrogen) atoms. The van der Waals surface area contributed by atoms with Gasteiger partial charge in [0.15, 0.2) is 0 Å². The summed E-state index contributed by atoms with van der Waals surface area (Å²) in [6, 6.07) is 5.51. The quantitative estimate of drug-likeness (QED) is 0.909. The molecule has 0 saturated heterocycles. The molecule has 112 valence electrons. The third-order valence-corrected chi connectivity index (χ3v) is 3.34. The number of aryl methyl sites for hydroxylation is 1. The van der Waals surface area contributed by atoms with E-state index in [1.807, 2.05) is 19.1 Å². The molecule has 1 aromatic heterocycles. The summed E-state index contributed by atoms with van der Waals surface area (Å²) >= 11 is 0. The van der Waals surface area contributed by atoms with Crippen LogP contribution in [0, 0.1) is 6.92 Å². The van der Waals surface area contributed by atoms with E-state index in [2.05, 4.69) is 10.4 Å². The molecule has 1 amide bonds. The molecule has 2 rings (SSSR count). The van der Waals surface area contributed by atoms with Gasteiger partial charge in [-0.25, -0.2) is 0 Å². The Bertz CT molecular complexity index is 627. The Kier molecular flexibility index (Phi) is 4.47. The number of carbonyl (C=O) groups is 1. The Hall–Kier alpha value is -2.50. The standard InChI is InChI=1S/C15H19N3O3/c1-10-14(9-17-18(10)2)15(19)16-8-11-5-12(20-3)7-13(6-11)21-4/h5-7,9H,8H2,1-4H3,(H,16,19). The van der Waals surface area contributed by atoms with E-state index in [0.29, 0.717) is 23.6 Å². The lowest BCUT2D eigenvalue weighted by Crippen LogP contribution is -2.23. The van der Waals surface area contributed by atoms with Gasteiger partial charge >= 0.3 is 0 Å². The maximum absolute atomic E-state index is 12.1. The summed E-state index contributed by atoms with van der Waals surface area (Å²) in [4.78, 5) is 12.1. The van der Waals surface area contributed by atoms with Crippen LogP contribution in [0.25, 0.3) is 0 Å². The van der Waals surface area contributed by atoms with Gasteiger partial charge in [0.2, 0.25) is 0 Å². The minimum absolute atomic E-state index is 0.151. The van der Waals surface area contributed by atoms with Crippen LogP contribution in [-0.2, 0) is 13.6 Å². The molecule has 0 saturated carbocycles. The summed E-state index contributed by atoms with van der Waals surface area (Å²) < 4.78 is 12.1. The van der Waals surface area contributed by atoms with E-state index in [9.17, 15) is 4.79 Å². The summed E-state index contributed by atoms with van der Waals surface area (Å²) in [5.41, 5.74) is 2.31. The van der Waals surface area contributed by atoms with Crippen LogP contribution in [0.3, 0.4) is 0 Å². The van der Waals surface area contributed by atoms with E-state index in [-0.39, 0.29) is 5.91 Å². The Morgan fingerprint density at radius 3 is 2.33 bits per heavy atom. The van der Waals surface area contributed by atoms with E-state index in [1.165, 1.54) is 0 Å². The van der Waals surface area contributed by atoms with Crippen LogP contribution >= 0.6 is 0 Å². The zero-order chi connectivity index (χ0) is 15.4. The number of nitrogens with one attached hydrogen (secondary N) is 1. The van der Waals surface area contributed by atoms with Crippen molar-refractivity contribution in [2.24, 2.45) is 7.05 Å². The average Bonchev–Trinajstić information content (AvgIpc) is 2.84. The van der Waals surface area contributed by atoms with Crippen LogP contribution in [0.1, 0.15) is 21.6 Å². The number of carbonyl (C=O) groups excluding carboxylic acids is 1. The molecule has 2 aromatic rings. The second-order valence-electron chi connectivity index (χ2n) is 4.67. The lowest BCUT2D eigenvalue weighted by Gasteiger charge is -2.09. The first-order chi connectivity index (χ1) is 10.0. The number of amides is 1. The highest BCUT2D eigenvalue weighted by molar-refractivity contribution is 5.94. The molecule has 1 N–H and O–H groups in total. The molecule has 0 atom stereocenters. The van der Waals surface area contributed by atoms with E-state index >= 15 is 0 Å². The number of rotatable bonds is 5. The third kappa shape index (κ3) is 3.34. The van der Waals surface area contributed by atoms with Gasteiger partial charge in [-0.1, -0.05) is 0 Å². The van der Waals surface area contributed by atoms with Gasteiger partial charge in [0.1, 0.15) is 11.5 Å². The molecular formula is C15H19N3O3. The monoisotopic (exact) mass is 289 g/mol. The number of aromatic nitrogens is 2. The van der Waals surface area contributed by atoms with Crippen molar-refractivity contribution in [3.8, 4) is 11.5 Å². The third-order valence-electron chi connectivity index (χ3n) is 3.34. The number of nitrogens with zero attached hydrogens (tertiary/aromatic N) is 2. The van der Waals surface area contributed by atoms with Gasteiger partial charge in [0, 0.05) is 25.4 Å². The summed E-state index contributed by atoms with van der Waals surface area (Å²) in [6.07, 6.45) is 1.57. The van der Waals surface area contributed by atoms with Gasteiger partial charge in [-0.2, -0.15) is 5.10 Å². The van der Waals surface area contributed by atoms with Crippen LogP contribution in [0.5, 0.6) is 11.5 Å². The van der Waals surface area contributed by atoms with Gasteiger partial charge in [-0.15, -0.1) is 0 Å². The maximum atomic E-state index is 12.1. The number of benzene rings is 1. The number of hydrogen-bond acceptors (Lipinski definition) is 4. The molecule has 0 aliphatic heterocycles. The fourth-order valence-electron chi connectivity index (χ4n) is 1.97. The number of methoxy groups -OCH3 is 2. The molecule has 0 aliphatic rings. The Morgan fingerprint density at radius 1 is 1.24 bits per heavy atom. The topological polar surface area (TPSA) is 65.4 Å². The second kappa shape index (κ2) is 6.30. The summed E-state index contributed by atoms with van der Waals surface area (Å²) in [6.45, 7) is 2.25. The maximum Gasteiger partial charge on any atom is 0.255 e. The van der Waals surface area contributed by atoms with Crippen LogP contribution in [-0.4, -0.2) is 29.9 Å². The Labute approximate surface area is 123 Å². The van der Waals surface area contributed by atoms with Crippen LogP contribution in [0.2, 0.25) is 0 Å².